The maximum Gasteiger partial charge on any atom is 0.337 e. The largest absolute Gasteiger partial charge is 0.490 e. The van der Waals surface area contributed by atoms with Crippen molar-refractivity contribution < 1.29 is 38.6 Å². The molecule has 16 heteroatoms. The van der Waals surface area contributed by atoms with Crippen LogP contribution in [0.15, 0.2) is 75.4 Å². The first-order chi connectivity index (χ1) is 22.5. The predicted octanol–water partition coefficient (Wildman–Crippen LogP) is 5.11. The molecule has 1 aliphatic heterocycles. The second kappa shape index (κ2) is 16.1. The number of halogens is 2. The highest BCUT2D eigenvalue weighted by molar-refractivity contribution is 9.10. The van der Waals surface area contributed by atoms with Gasteiger partial charge in [-0.2, -0.15) is 5.10 Å². The molecular weight excluding hydrogens is 702 g/mol. The average Bonchev–Trinajstić information content (AvgIpc) is 3.03. The number of hydrazone groups is 1. The Balaban J connectivity index is 1.41. The molecule has 0 saturated carbocycles. The van der Waals surface area contributed by atoms with Crippen LogP contribution in [-0.4, -0.2) is 54.8 Å². The van der Waals surface area contributed by atoms with E-state index in [2.05, 4.69) is 37.1 Å². The summed E-state index contributed by atoms with van der Waals surface area (Å²) >= 11 is 9.24. The Morgan fingerprint density at radius 3 is 2.60 bits per heavy atom. The lowest BCUT2D eigenvalue weighted by Gasteiger charge is -2.28. The first-order valence-corrected chi connectivity index (χ1v) is 15.3. The SMILES string of the molecule is CCOc1cc([C@H]2NC(=O)NC(C)=C2C(=O)OC)ccc1OC[C@@H](O)N/N=C/c1cc(Br)c(OCc2ccc(Cl)cc2)c([N+](=O)[O-])c1. The van der Waals surface area contributed by atoms with Crippen molar-refractivity contribution in [3.05, 3.63) is 102 Å². The van der Waals surface area contributed by atoms with Crippen LogP contribution < -0.4 is 30.3 Å². The van der Waals surface area contributed by atoms with Gasteiger partial charge in [-0.25, -0.2) is 9.59 Å². The van der Waals surface area contributed by atoms with Gasteiger partial charge in [0.25, 0.3) is 0 Å². The first-order valence-electron chi connectivity index (χ1n) is 14.1. The number of nitrogens with one attached hydrogen (secondary N) is 3. The van der Waals surface area contributed by atoms with E-state index in [4.69, 9.17) is 30.5 Å². The van der Waals surface area contributed by atoms with Crippen molar-refractivity contribution in [2.24, 2.45) is 5.10 Å². The monoisotopic (exact) mass is 731 g/mol. The van der Waals surface area contributed by atoms with Gasteiger partial charge >= 0.3 is 17.7 Å². The molecule has 3 aromatic carbocycles. The maximum absolute atomic E-state index is 12.4. The first kappa shape index (κ1) is 35.0. The molecule has 2 amide bonds. The Labute approximate surface area is 283 Å². The third-order valence-electron chi connectivity index (χ3n) is 6.65. The van der Waals surface area contributed by atoms with Crippen molar-refractivity contribution in [1.82, 2.24) is 16.1 Å². The topological polar surface area (TPSA) is 183 Å². The smallest absolute Gasteiger partial charge is 0.337 e. The van der Waals surface area contributed by atoms with E-state index < -0.39 is 29.2 Å². The number of carbonyl (C=O) groups excluding carboxylic acids is 2. The fourth-order valence-corrected chi connectivity index (χ4v) is 5.22. The Kier molecular flexibility index (Phi) is 12.0. The van der Waals surface area contributed by atoms with Crippen molar-refractivity contribution in [3.63, 3.8) is 0 Å². The molecule has 0 aliphatic carbocycles. The van der Waals surface area contributed by atoms with Gasteiger partial charge in [-0.1, -0.05) is 29.8 Å². The molecule has 3 aromatic rings. The van der Waals surface area contributed by atoms with Crippen LogP contribution in [0.1, 0.15) is 36.6 Å². The Bertz CT molecular complexity index is 1700. The molecule has 1 heterocycles. The van der Waals surface area contributed by atoms with E-state index in [1.165, 1.54) is 19.4 Å². The van der Waals surface area contributed by atoms with Crippen LogP contribution >= 0.6 is 27.5 Å². The number of carbonyl (C=O) groups is 2. The molecule has 4 N–H and O–H groups in total. The van der Waals surface area contributed by atoms with Gasteiger partial charge in [0.15, 0.2) is 17.7 Å². The Hall–Kier alpha value is -4.86. The molecule has 248 valence electrons. The number of hydrogen-bond donors (Lipinski definition) is 4. The fraction of sp³-hybridized carbons (Fsp3) is 0.258. The van der Waals surface area contributed by atoms with E-state index in [-0.39, 0.29) is 42.6 Å². The number of nitro groups is 1. The zero-order valence-electron chi connectivity index (χ0n) is 25.4. The van der Waals surface area contributed by atoms with E-state index in [0.29, 0.717) is 32.1 Å². The number of hydrogen-bond acceptors (Lipinski definition) is 11. The van der Waals surface area contributed by atoms with Gasteiger partial charge in [0, 0.05) is 22.3 Å². The molecular formula is C31H31BrClN5O9. The number of urea groups is 1. The molecule has 0 radical (unpaired) electrons. The number of rotatable bonds is 14. The van der Waals surface area contributed by atoms with Gasteiger partial charge in [0.2, 0.25) is 5.75 Å². The summed E-state index contributed by atoms with van der Waals surface area (Å²) in [5.41, 5.74) is 4.50. The highest BCUT2D eigenvalue weighted by Crippen LogP contribution is 2.37. The molecule has 0 aromatic heterocycles. The number of ether oxygens (including phenoxy) is 4. The third kappa shape index (κ3) is 9.12. The minimum absolute atomic E-state index is 0.0508. The van der Waals surface area contributed by atoms with Gasteiger partial charge in [0.05, 0.1) is 40.9 Å². The summed E-state index contributed by atoms with van der Waals surface area (Å²) < 4.78 is 22.4. The molecule has 0 unspecified atom stereocenters. The summed E-state index contributed by atoms with van der Waals surface area (Å²) in [6, 6.07) is 13.4. The second-order valence-electron chi connectivity index (χ2n) is 9.94. The van der Waals surface area contributed by atoms with E-state index in [1.807, 2.05) is 0 Å². The van der Waals surface area contributed by atoms with Crippen LogP contribution in [0, 0.1) is 10.1 Å². The molecule has 0 fully saturated rings. The summed E-state index contributed by atoms with van der Waals surface area (Å²) in [6.45, 7) is 3.50. The quantitative estimate of drug-likeness (QED) is 0.0572. The summed E-state index contributed by atoms with van der Waals surface area (Å²) in [4.78, 5) is 35.8. The minimum atomic E-state index is -1.28. The van der Waals surface area contributed by atoms with Crippen LogP contribution in [0.5, 0.6) is 17.2 Å². The van der Waals surface area contributed by atoms with E-state index in [1.54, 1.807) is 62.4 Å². The van der Waals surface area contributed by atoms with Gasteiger partial charge in [-0.15, -0.1) is 0 Å². The van der Waals surface area contributed by atoms with E-state index >= 15 is 0 Å². The molecule has 0 bridgehead atoms. The molecule has 0 saturated heterocycles. The van der Waals surface area contributed by atoms with Gasteiger partial charge in [-0.3, -0.25) is 15.5 Å². The number of aliphatic hydroxyl groups is 1. The van der Waals surface area contributed by atoms with Crippen LogP contribution in [0.25, 0.3) is 0 Å². The van der Waals surface area contributed by atoms with Gasteiger partial charge in [-0.05, 0) is 71.2 Å². The van der Waals surface area contributed by atoms with Crippen LogP contribution in [-0.2, 0) is 16.1 Å². The van der Waals surface area contributed by atoms with Crippen LogP contribution in [0.2, 0.25) is 5.02 Å². The van der Waals surface area contributed by atoms with Crippen molar-refractivity contribution in [2.75, 3.05) is 20.3 Å². The van der Waals surface area contributed by atoms with Crippen molar-refractivity contribution >= 4 is 51.4 Å². The number of allylic oxidation sites excluding steroid dienone is 1. The Morgan fingerprint density at radius 1 is 1.17 bits per heavy atom. The number of benzene rings is 3. The molecule has 1 aliphatic rings. The zero-order chi connectivity index (χ0) is 34.1. The summed E-state index contributed by atoms with van der Waals surface area (Å²) in [6.07, 6.45) is 0.0209. The maximum atomic E-state index is 12.4. The van der Waals surface area contributed by atoms with Crippen LogP contribution in [0.3, 0.4) is 0 Å². The third-order valence-corrected chi connectivity index (χ3v) is 7.49. The molecule has 4 rings (SSSR count). The van der Waals surface area contributed by atoms with Gasteiger partial charge < -0.3 is 34.7 Å². The number of esters is 1. The number of amides is 2. The summed E-state index contributed by atoms with van der Waals surface area (Å²) in [5, 5.41) is 32.0. The lowest BCUT2D eigenvalue weighted by Crippen LogP contribution is -2.45. The standard InChI is InChI=1S/C31H31BrClN5O9/c1-4-45-25-13-20(28-27(30(40)44-3)17(2)35-31(41)36-28)7-10-24(25)46-16-26(39)37-34-14-19-11-22(32)29(23(12-19)38(42)43)47-15-18-5-8-21(33)9-6-18/h5-14,26,28,37,39H,4,15-16H2,1-3H3,(H2,35,36,41)/b34-14+/t26-,28-/m1/s1. The molecule has 0 spiro atoms. The summed E-state index contributed by atoms with van der Waals surface area (Å²) in [5.74, 6) is 0.0453. The van der Waals surface area contributed by atoms with E-state index in [0.717, 1.165) is 5.56 Å². The predicted molar refractivity (Wildman–Crippen MR) is 176 cm³/mol. The number of nitro benzene ring substituents is 1. The minimum Gasteiger partial charge on any atom is -0.490 e. The molecule has 47 heavy (non-hydrogen) atoms. The second-order valence-corrected chi connectivity index (χ2v) is 11.2. The number of aliphatic hydroxyl groups excluding tert-OH is 1. The molecule has 14 nitrogen and oxygen atoms in total. The number of methoxy groups -OCH3 is 1. The van der Waals surface area contributed by atoms with Crippen molar-refractivity contribution in [3.8, 4) is 17.2 Å². The Morgan fingerprint density at radius 2 is 1.91 bits per heavy atom. The highest BCUT2D eigenvalue weighted by Gasteiger charge is 2.32. The fourth-order valence-electron chi connectivity index (χ4n) is 4.51. The average molecular weight is 733 g/mol. The highest BCUT2D eigenvalue weighted by atomic mass is 79.9. The normalized spacial score (nSPS) is 15.0. The van der Waals surface area contributed by atoms with Crippen molar-refractivity contribution in [2.45, 2.75) is 32.7 Å². The lowest BCUT2D eigenvalue weighted by molar-refractivity contribution is -0.386. The van der Waals surface area contributed by atoms with Gasteiger partial charge in [0.1, 0.15) is 13.2 Å². The van der Waals surface area contributed by atoms with E-state index in [9.17, 15) is 24.8 Å². The number of nitrogens with zero attached hydrogens (tertiary/aromatic N) is 2. The zero-order valence-corrected chi connectivity index (χ0v) is 27.8. The van der Waals surface area contributed by atoms with Crippen LogP contribution in [0.4, 0.5) is 10.5 Å². The summed E-state index contributed by atoms with van der Waals surface area (Å²) in [7, 11) is 1.25. The lowest BCUT2D eigenvalue weighted by atomic mass is 9.95. The molecule has 2 atom stereocenters. The van der Waals surface area contributed by atoms with Crippen molar-refractivity contribution in [1.29, 1.82) is 0 Å².